The molecule has 4 heterocycles. The van der Waals surface area contributed by atoms with Crippen LogP contribution in [0, 0.1) is 0 Å². The predicted molar refractivity (Wildman–Crippen MR) is 106 cm³/mol. The molecule has 2 amide bonds. The predicted octanol–water partition coefficient (Wildman–Crippen LogP) is 2.37. The maximum Gasteiger partial charge on any atom is 0.254 e. The number of ether oxygens (including phenoxy) is 3. The van der Waals surface area contributed by atoms with E-state index in [9.17, 15) is 9.59 Å². The van der Waals surface area contributed by atoms with E-state index in [1.54, 1.807) is 23.1 Å². The number of rotatable bonds is 2. The zero-order chi connectivity index (χ0) is 20.3. The first-order valence-electron chi connectivity index (χ1n) is 10.4. The van der Waals surface area contributed by atoms with Crippen LogP contribution < -0.4 is 9.47 Å². The summed E-state index contributed by atoms with van der Waals surface area (Å²) in [5, 5.41) is 0. The van der Waals surface area contributed by atoms with E-state index in [0.29, 0.717) is 56.3 Å². The van der Waals surface area contributed by atoms with Gasteiger partial charge in [0.1, 0.15) is 13.2 Å². The van der Waals surface area contributed by atoms with E-state index in [1.165, 1.54) is 0 Å². The summed E-state index contributed by atoms with van der Waals surface area (Å²) in [7, 11) is 0. The Balaban J connectivity index is 1.30. The molecule has 0 aliphatic carbocycles. The van der Waals surface area contributed by atoms with Crippen LogP contribution in [0.4, 0.5) is 0 Å². The second kappa shape index (κ2) is 6.47. The van der Waals surface area contributed by atoms with E-state index in [0.717, 1.165) is 5.56 Å². The second-order valence-corrected chi connectivity index (χ2v) is 8.17. The molecule has 0 bridgehead atoms. The van der Waals surface area contributed by atoms with Crippen LogP contribution in [-0.2, 0) is 9.53 Å². The normalized spacial score (nSPS) is 29.1. The largest absolute Gasteiger partial charge is 0.486 e. The fraction of sp³-hybridized carbons (Fsp3) is 0.391. The van der Waals surface area contributed by atoms with Crippen LogP contribution in [0.2, 0.25) is 0 Å². The van der Waals surface area contributed by atoms with Crippen molar-refractivity contribution in [3.63, 3.8) is 0 Å². The number of amides is 2. The van der Waals surface area contributed by atoms with Gasteiger partial charge in [0, 0.05) is 18.5 Å². The first kappa shape index (κ1) is 17.8. The summed E-state index contributed by atoms with van der Waals surface area (Å²) in [6, 6.07) is 14.9. The molecule has 0 saturated carbocycles. The van der Waals surface area contributed by atoms with E-state index in [-0.39, 0.29) is 23.9 Å². The van der Waals surface area contributed by atoms with E-state index >= 15 is 0 Å². The molecule has 4 aliphatic heterocycles. The van der Waals surface area contributed by atoms with Crippen LogP contribution in [0.15, 0.2) is 48.5 Å². The average Bonchev–Trinajstić information content (AvgIpc) is 3.42. The van der Waals surface area contributed by atoms with Gasteiger partial charge in [0.2, 0.25) is 5.91 Å². The summed E-state index contributed by atoms with van der Waals surface area (Å²) in [5.41, 5.74) is 0.890. The number of hydrogen-bond donors (Lipinski definition) is 0. The summed E-state index contributed by atoms with van der Waals surface area (Å²) >= 11 is 0. The van der Waals surface area contributed by atoms with E-state index in [1.807, 2.05) is 35.2 Å². The highest BCUT2D eigenvalue weighted by atomic mass is 16.6. The highest BCUT2D eigenvalue weighted by Crippen LogP contribution is 2.51. The van der Waals surface area contributed by atoms with Gasteiger partial charge >= 0.3 is 0 Å². The Morgan fingerprint density at radius 1 is 1.03 bits per heavy atom. The maximum absolute atomic E-state index is 13.4. The van der Waals surface area contributed by atoms with Crippen molar-refractivity contribution in [2.75, 3.05) is 26.4 Å². The summed E-state index contributed by atoms with van der Waals surface area (Å²) in [6.45, 7) is 1.99. The first-order valence-corrected chi connectivity index (χ1v) is 10.4. The molecule has 2 aromatic rings. The molecule has 7 nitrogen and oxygen atoms in total. The topological polar surface area (TPSA) is 68.3 Å². The van der Waals surface area contributed by atoms with Crippen molar-refractivity contribution in [2.45, 2.75) is 30.7 Å². The fourth-order valence-corrected chi connectivity index (χ4v) is 5.35. The van der Waals surface area contributed by atoms with Crippen molar-refractivity contribution in [1.29, 1.82) is 0 Å². The lowest BCUT2D eigenvalue weighted by molar-refractivity contribution is -0.138. The Kier molecular flexibility index (Phi) is 3.83. The minimum absolute atomic E-state index is 0.0472. The lowest BCUT2D eigenvalue weighted by atomic mass is 10.0. The van der Waals surface area contributed by atoms with E-state index < -0.39 is 5.72 Å². The zero-order valence-corrected chi connectivity index (χ0v) is 16.5. The molecule has 6 rings (SSSR count). The van der Waals surface area contributed by atoms with Crippen molar-refractivity contribution in [2.24, 2.45) is 0 Å². The van der Waals surface area contributed by atoms with Crippen LogP contribution in [0.25, 0.3) is 0 Å². The smallest absolute Gasteiger partial charge is 0.254 e. The molecule has 2 aromatic carbocycles. The minimum Gasteiger partial charge on any atom is -0.486 e. The Labute approximate surface area is 174 Å². The zero-order valence-electron chi connectivity index (χ0n) is 16.5. The molecule has 4 aliphatic rings. The number of carbonyl (C=O) groups excluding carboxylic acids is 2. The second-order valence-electron chi connectivity index (χ2n) is 8.17. The molecule has 1 spiro atoms. The number of hydrogen-bond acceptors (Lipinski definition) is 5. The van der Waals surface area contributed by atoms with Gasteiger partial charge in [0.25, 0.3) is 5.91 Å². The number of fused-ring (bicyclic) bond motifs is 1. The molecule has 3 atom stereocenters. The summed E-state index contributed by atoms with van der Waals surface area (Å²) < 4.78 is 17.5. The third-order valence-electron chi connectivity index (χ3n) is 6.69. The van der Waals surface area contributed by atoms with Crippen LogP contribution in [-0.4, -0.2) is 59.7 Å². The van der Waals surface area contributed by atoms with Gasteiger partial charge in [-0.05, 0) is 23.8 Å². The number of benzene rings is 2. The van der Waals surface area contributed by atoms with Crippen molar-refractivity contribution in [1.82, 2.24) is 9.80 Å². The SMILES string of the molecule is O=C(c1ccc2c(c1)OCCO2)N1CC[C@@]23OC[C@@H](c4ccccc4)N2C(=O)C[C@@H]13. The molecular formula is C23H22N2O5. The van der Waals surface area contributed by atoms with Crippen molar-refractivity contribution < 1.29 is 23.8 Å². The third kappa shape index (κ3) is 2.41. The average molecular weight is 406 g/mol. The van der Waals surface area contributed by atoms with Crippen molar-refractivity contribution in [3.05, 3.63) is 59.7 Å². The monoisotopic (exact) mass is 406 g/mol. The van der Waals surface area contributed by atoms with Gasteiger partial charge in [-0.2, -0.15) is 0 Å². The van der Waals surface area contributed by atoms with Crippen molar-refractivity contribution in [3.8, 4) is 11.5 Å². The number of carbonyl (C=O) groups is 2. The Morgan fingerprint density at radius 2 is 1.83 bits per heavy atom. The minimum atomic E-state index is -0.721. The Morgan fingerprint density at radius 3 is 2.67 bits per heavy atom. The summed E-state index contributed by atoms with van der Waals surface area (Å²) in [5.74, 6) is 1.19. The first-order chi connectivity index (χ1) is 14.7. The van der Waals surface area contributed by atoms with Crippen molar-refractivity contribution >= 4 is 11.8 Å². The Bertz CT molecular complexity index is 1030. The summed E-state index contributed by atoms with van der Waals surface area (Å²) in [6.07, 6.45) is 0.919. The van der Waals surface area contributed by atoms with Gasteiger partial charge < -0.3 is 24.0 Å². The highest BCUT2D eigenvalue weighted by Gasteiger charge is 2.65. The van der Waals surface area contributed by atoms with E-state index in [4.69, 9.17) is 14.2 Å². The van der Waals surface area contributed by atoms with Gasteiger partial charge in [-0.25, -0.2) is 0 Å². The molecule has 3 saturated heterocycles. The molecule has 0 unspecified atom stereocenters. The highest BCUT2D eigenvalue weighted by molar-refractivity contribution is 5.96. The van der Waals surface area contributed by atoms with Crippen LogP contribution in [0.5, 0.6) is 11.5 Å². The Hall–Kier alpha value is -3.06. The standard InChI is InChI=1S/C23H22N2O5/c26-21-13-20-23(25(21)17(14-30-23)15-4-2-1-3-5-15)8-9-24(20)22(27)16-6-7-18-19(12-16)29-11-10-28-18/h1-7,12,17,20H,8-11,13-14H2/t17-,20+,23-/m0/s1. The molecule has 154 valence electrons. The number of nitrogens with zero attached hydrogens (tertiary/aromatic N) is 2. The van der Waals surface area contributed by atoms with Gasteiger partial charge in [0.05, 0.1) is 25.1 Å². The van der Waals surface area contributed by atoms with Crippen LogP contribution in [0.3, 0.4) is 0 Å². The number of likely N-dealkylation sites (tertiary alicyclic amines) is 1. The molecule has 0 N–H and O–H groups in total. The molecule has 7 heteroatoms. The summed E-state index contributed by atoms with van der Waals surface area (Å²) in [4.78, 5) is 30.1. The van der Waals surface area contributed by atoms with E-state index in [2.05, 4.69) is 0 Å². The molecule has 3 fully saturated rings. The molecule has 0 aromatic heterocycles. The van der Waals surface area contributed by atoms with Crippen LogP contribution in [0.1, 0.15) is 34.8 Å². The quantitative estimate of drug-likeness (QED) is 0.766. The third-order valence-corrected chi connectivity index (χ3v) is 6.69. The maximum atomic E-state index is 13.4. The van der Waals surface area contributed by atoms with Gasteiger partial charge in [-0.15, -0.1) is 0 Å². The van der Waals surface area contributed by atoms with Gasteiger partial charge in [-0.3, -0.25) is 9.59 Å². The molecule has 30 heavy (non-hydrogen) atoms. The van der Waals surface area contributed by atoms with Gasteiger partial charge in [-0.1, -0.05) is 30.3 Å². The molecular weight excluding hydrogens is 384 g/mol. The fourth-order valence-electron chi connectivity index (χ4n) is 5.35. The van der Waals surface area contributed by atoms with Gasteiger partial charge in [0.15, 0.2) is 17.2 Å². The lowest BCUT2D eigenvalue weighted by Gasteiger charge is -2.33. The molecule has 0 radical (unpaired) electrons. The van der Waals surface area contributed by atoms with Crippen LogP contribution >= 0.6 is 0 Å². The lowest BCUT2D eigenvalue weighted by Crippen LogP contribution is -2.49.